The fourth-order valence-electron chi connectivity index (χ4n) is 2.87. The lowest BCUT2D eigenvalue weighted by Gasteiger charge is -2.23. The lowest BCUT2D eigenvalue weighted by Crippen LogP contribution is -2.35. The molecule has 0 bridgehead atoms. The molecule has 1 atom stereocenters. The van der Waals surface area contributed by atoms with Gasteiger partial charge in [-0.3, -0.25) is 9.59 Å². The number of rotatable bonds is 7. The Morgan fingerprint density at radius 3 is 2.75 bits per heavy atom. The lowest BCUT2D eigenvalue weighted by molar-refractivity contribution is -0.130. The third kappa shape index (κ3) is 4.62. The van der Waals surface area contributed by atoms with E-state index in [4.69, 9.17) is 11.6 Å². The molecule has 3 rings (SSSR count). The summed E-state index contributed by atoms with van der Waals surface area (Å²) in [5, 5.41) is 0.440. The summed E-state index contributed by atoms with van der Waals surface area (Å²) in [6.07, 6.45) is 0. The molecule has 0 radical (unpaired) electrons. The van der Waals surface area contributed by atoms with Crippen LogP contribution in [0.4, 0.5) is 0 Å². The summed E-state index contributed by atoms with van der Waals surface area (Å²) in [6, 6.07) is 3.81. The maximum atomic E-state index is 12.8. The van der Waals surface area contributed by atoms with Crippen molar-refractivity contribution in [3.63, 3.8) is 0 Å². The van der Waals surface area contributed by atoms with Crippen LogP contribution in [0.1, 0.15) is 35.0 Å². The standard InChI is InChI=1S/C19H22ClN3O2S3/c1-5-23(8-13-6-7-14(20)28-13)19(25)12(4)26-9-15-21-17(24)16-10(2)11(3)27-18(16)22-15/h6-7,12H,5,8-9H2,1-4H3,(H,21,22,24). The van der Waals surface area contributed by atoms with Gasteiger partial charge in [-0.25, -0.2) is 4.98 Å². The molecule has 9 heteroatoms. The van der Waals surface area contributed by atoms with E-state index in [0.717, 1.165) is 24.5 Å². The number of carbonyl (C=O) groups excluding carboxylic acids is 1. The van der Waals surface area contributed by atoms with Gasteiger partial charge in [0.1, 0.15) is 10.7 Å². The van der Waals surface area contributed by atoms with Crippen molar-refractivity contribution in [2.75, 3.05) is 6.54 Å². The van der Waals surface area contributed by atoms with Gasteiger partial charge >= 0.3 is 0 Å². The Kier molecular flexibility index (Phi) is 6.85. The Bertz CT molecular complexity index is 1060. The molecule has 3 heterocycles. The molecule has 0 aromatic carbocycles. The maximum Gasteiger partial charge on any atom is 0.259 e. The molecule has 3 aromatic heterocycles. The predicted molar refractivity (Wildman–Crippen MR) is 121 cm³/mol. The van der Waals surface area contributed by atoms with E-state index < -0.39 is 0 Å². The fraction of sp³-hybridized carbons (Fsp3) is 0.421. The molecule has 150 valence electrons. The largest absolute Gasteiger partial charge is 0.337 e. The maximum absolute atomic E-state index is 12.8. The number of halogens is 1. The minimum atomic E-state index is -0.233. The van der Waals surface area contributed by atoms with Gasteiger partial charge in [-0.15, -0.1) is 34.4 Å². The van der Waals surface area contributed by atoms with Crippen LogP contribution >= 0.6 is 46.0 Å². The third-order valence-electron chi connectivity index (χ3n) is 4.57. The highest BCUT2D eigenvalue weighted by atomic mass is 35.5. The van der Waals surface area contributed by atoms with Crippen molar-refractivity contribution < 1.29 is 4.79 Å². The number of amides is 1. The molecular weight excluding hydrogens is 434 g/mol. The van der Waals surface area contributed by atoms with Gasteiger partial charge < -0.3 is 9.88 Å². The van der Waals surface area contributed by atoms with Gasteiger partial charge in [0.15, 0.2) is 0 Å². The number of hydrogen-bond acceptors (Lipinski definition) is 6. The van der Waals surface area contributed by atoms with Gasteiger partial charge in [-0.2, -0.15) is 0 Å². The van der Waals surface area contributed by atoms with E-state index >= 15 is 0 Å². The first-order valence-electron chi connectivity index (χ1n) is 8.93. The second-order valence-electron chi connectivity index (χ2n) is 6.49. The summed E-state index contributed by atoms with van der Waals surface area (Å²) in [5.74, 6) is 1.16. The van der Waals surface area contributed by atoms with Crippen LogP contribution in [0.5, 0.6) is 0 Å². The van der Waals surface area contributed by atoms with E-state index in [1.54, 1.807) is 0 Å². The number of thioether (sulfide) groups is 1. The number of carbonyl (C=O) groups is 1. The van der Waals surface area contributed by atoms with Gasteiger partial charge in [0, 0.05) is 16.3 Å². The van der Waals surface area contributed by atoms with E-state index in [0.29, 0.717) is 30.1 Å². The summed E-state index contributed by atoms with van der Waals surface area (Å²) in [6.45, 7) is 9.00. The van der Waals surface area contributed by atoms with Gasteiger partial charge in [0.2, 0.25) is 5.91 Å². The molecule has 1 N–H and O–H groups in total. The topological polar surface area (TPSA) is 66.1 Å². The van der Waals surface area contributed by atoms with Crippen LogP contribution in [0.3, 0.4) is 0 Å². The molecule has 0 fully saturated rings. The van der Waals surface area contributed by atoms with Crippen LogP contribution in [0, 0.1) is 13.8 Å². The van der Waals surface area contributed by atoms with E-state index in [-0.39, 0.29) is 16.7 Å². The summed E-state index contributed by atoms with van der Waals surface area (Å²) in [5.41, 5.74) is 0.884. The zero-order valence-corrected chi connectivity index (χ0v) is 19.4. The van der Waals surface area contributed by atoms with Gasteiger partial charge in [-0.1, -0.05) is 11.6 Å². The number of hydrogen-bond donors (Lipinski definition) is 1. The Morgan fingerprint density at radius 1 is 1.36 bits per heavy atom. The van der Waals surface area contributed by atoms with Crippen molar-refractivity contribution in [1.29, 1.82) is 0 Å². The second kappa shape index (κ2) is 8.98. The molecule has 28 heavy (non-hydrogen) atoms. The van der Waals surface area contributed by atoms with E-state index in [2.05, 4.69) is 9.97 Å². The molecule has 0 aliphatic rings. The van der Waals surface area contributed by atoms with Crippen LogP contribution < -0.4 is 5.56 Å². The quantitative estimate of drug-likeness (QED) is 0.545. The summed E-state index contributed by atoms with van der Waals surface area (Å²) >= 11 is 10.5. The van der Waals surface area contributed by atoms with E-state index in [1.165, 1.54) is 34.4 Å². The molecule has 0 aliphatic carbocycles. The zero-order chi connectivity index (χ0) is 20.4. The average molecular weight is 456 g/mol. The van der Waals surface area contributed by atoms with Crippen LogP contribution in [0.25, 0.3) is 10.2 Å². The van der Waals surface area contributed by atoms with Gasteiger partial charge in [-0.05, 0) is 45.4 Å². The zero-order valence-electron chi connectivity index (χ0n) is 16.2. The molecule has 0 saturated carbocycles. The number of fused-ring (bicyclic) bond motifs is 1. The first-order valence-corrected chi connectivity index (χ1v) is 12.0. The monoisotopic (exact) mass is 455 g/mol. The van der Waals surface area contributed by atoms with Crippen molar-refractivity contribution in [2.24, 2.45) is 0 Å². The minimum Gasteiger partial charge on any atom is -0.337 e. The highest BCUT2D eigenvalue weighted by Gasteiger charge is 2.21. The van der Waals surface area contributed by atoms with E-state index in [1.807, 2.05) is 44.7 Å². The lowest BCUT2D eigenvalue weighted by atomic mass is 10.2. The highest BCUT2D eigenvalue weighted by Crippen LogP contribution is 2.27. The number of aromatic nitrogens is 2. The molecule has 5 nitrogen and oxygen atoms in total. The Hall–Kier alpha value is -1.35. The predicted octanol–water partition coefficient (Wildman–Crippen LogP) is 4.99. The van der Waals surface area contributed by atoms with Crippen molar-refractivity contribution in [1.82, 2.24) is 14.9 Å². The normalized spacial score (nSPS) is 12.5. The number of thiophene rings is 2. The SMILES string of the molecule is CCN(Cc1ccc(Cl)s1)C(=O)C(C)SCc1nc2sc(C)c(C)c2c(=O)[nH]1. The molecule has 0 aliphatic heterocycles. The first-order chi connectivity index (χ1) is 13.3. The molecular formula is C19H22ClN3O2S3. The Morgan fingerprint density at radius 2 is 2.11 bits per heavy atom. The van der Waals surface area contributed by atoms with Crippen molar-refractivity contribution in [3.05, 3.63) is 48.0 Å². The minimum absolute atomic E-state index is 0.0725. The number of nitrogens with one attached hydrogen (secondary N) is 1. The van der Waals surface area contributed by atoms with Gasteiger partial charge in [0.05, 0.1) is 27.3 Å². The highest BCUT2D eigenvalue weighted by molar-refractivity contribution is 7.99. The number of H-pyrrole nitrogens is 1. The van der Waals surface area contributed by atoms with Crippen LogP contribution in [-0.2, 0) is 17.1 Å². The molecule has 1 unspecified atom stereocenters. The van der Waals surface area contributed by atoms with Crippen molar-refractivity contribution in [2.45, 2.75) is 45.2 Å². The molecule has 1 amide bonds. The average Bonchev–Trinajstić information content (AvgIpc) is 3.19. The molecule has 3 aromatic rings. The molecule has 0 spiro atoms. The van der Waals surface area contributed by atoms with Crippen LogP contribution in [-0.4, -0.2) is 32.6 Å². The first kappa shape index (κ1) is 21.4. The summed E-state index contributed by atoms with van der Waals surface area (Å²) < 4.78 is 0.727. The van der Waals surface area contributed by atoms with Gasteiger partial charge in [0.25, 0.3) is 5.56 Å². The summed E-state index contributed by atoms with van der Waals surface area (Å²) in [4.78, 5) is 37.4. The number of aryl methyl sites for hydroxylation is 2. The van der Waals surface area contributed by atoms with Crippen LogP contribution in [0.2, 0.25) is 4.34 Å². The summed E-state index contributed by atoms with van der Waals surface area (Å²) in [7, 11) is 0. The van der Waals surface area contributed by atoms with Crippen molar-refractivity contribution in [3.8, 4) is 0 Å². The Balaban J connectivity index is 1.67. The number of aromatic amines is 1. The molecule has 0 saturated heterocycles. The van der Waals surface area contributed by atoms with E-state index in [9.17, 15) is 9.59 Å². The van der Waals surface area contributed by atoms with Crippen molar-refractivity contribution >= 4 is 62.2 Å². The Labute approximate surface area is 181 Å². The second-order valence-corrected chi connectivity index (χ2v) is 10.8. The smallest absolute Gasteiger partial charge is 0.259 e. The third-order valence-corrected chi connectivity index (χ3v) is 8.03. The number of nitrogens with zero attached hydrogens (tertiary/aromatic N) is 2. The van der Waals surface area contributed by atoms with Crippen LogP contribution in [0.15, 0.2) is 16.9 Å². The fourth-order valence-corrected chi connectivity index (χ4v) is 5.86.